The van der Waals surface area contributed by atoms with Crippen LogP contribution in [-0.2, 0) is 4.74 Å². The van der Waals surface area contributed by atoms with E-state index in [1.54, 1.807) is 0 Å². The third kappa shape index (κ3) is 3.64. The molecule has 1 heterocycles. The zero-order valence-corrected chi connectivity index (χ0v) is 13.8. The average molecular weight is 322 g/mol. The molecule has 108 valence electrons. The summed E-state index contributed by atoms with van der Waals surface area (Å²) in [5.41, 5.74) is 1.15. The van der Waals surface area contributed by atoms with Crippen LogP contribution in [0.2, 0.25) is 8.67 Å². The van der Waals surface area contributed by atoms with Crippen LogP contribution in [0.3, 0.4) is 0 Å². The van der Waals surface area contributed by atoms with Gasteiger partial charge in [0.25, 0.3) is 0 Å². The first-order valence-electron chi connectivity index (χ1n) is 6.83. The van der Waals surface area contributed by atoms with Gasteiger partial charge in [-0.05, 0) is 44.7 Å². The second-order valence-corrected chi connectivity index (χ2v) is 7.52. The fourth-order valence-electron chi connectivity index (χ4n) is 2.64. The quantitative estimate of drug-likeness (QED) is 0.758. The summed E-state index contributed by atoms with van der Waals surface area (Å²) in [5, 5.41) is 3.58. The Morgan fingerprint density at radius 1 is 1.47 bits per heavy atom. The molecule has 1 aliphatic rings. The van der Waals surface area contributed by atoms with Crippen molar-refractivity contribution >= 4 is 34.5 Å². The van der Waals surface area contributed by atoms with Crippen molar-refractivity contribution in [1.82, 2.24) is 5.32 Å². The summed E-state index contributed by atoms with van der Waals surface area (Å²) in [7, 11) is 1.82. The Labute approximate surface area is 129 Å². The summed E-state index contributed by atoms with van der Waals surface area (Å²) in [5.74, 6) is 0. The van der Waals surface area contributed by atoms with E-state index in [-0.39, 0.29) is 11.6 Å². The van der Waals surface area contributed by atoms with Crippen molar-refractivity contribution in [3.63, 3.8) is 0 Å². The molecular weight excluding hydrogens is 301 g/mol. The highest BCUT2D eigenvalue weighted by Crippen LogP contribution is 2.44. The zero-order chi connectivity index (χ0) is 13.9. The van der Waals surface area contributed by atoms with Gasteiger partial charge in [-0.2, -0.15) is 0 Å². The molecule has 0 aromatic carbocycles. The van der Waals surface area contributed by atoms with Gasteiger partial charge in [0.15, 0.2) is 0 Å². The number of ether oxygens (including phenoxy) is 1. The van der Waals surface area contributed by atoms with Gasteiger partial charge in [0, 0.05) is 18.7 Å². The van der Waals surface area contributed by atoms with E-state index in [1.165, 1.54) is 17.8 Å². The molecule has 0 bridgehead atoms. The number of rotatable bonds is 7. The maximum absolute atomic E-state index is 6.31. The van der Waals surface area contributed by atoms with Gasteiger partial charge in [0.1, 0.15) is 0 Å². The van der Waals surface area contributed by atoms with Gasteiger partial charge in [-0.15, -0.1) is 11.3 Å². The van der Waals surface area contributed by atoms with Gasteiger partial charge >= 0.3 is 0 Å². The highest BCUT2D eigenvalue weighted by Gasteiger charge is 2.39. The minimum atomic E-state index is 0.0309. The molecule has 0 saturated heterocycles. The third-order valence-electron chi connectivity index (χ3n) is 3.97. The fourth-order valence-corrected chi connectivity index (χ4v) is 4.22. The van der Waals surface area contributed by atoms with Crippen LogP contribution in [0, 0.1) is 0 Å². The van der Waals surface area contributed by atoms with Crippen molar-refractivity contribution in [2.45, 2.75) is 50.7 Å². The van der Waals surface area contributed by atoms with E-state index in [1.807, 2.05) is 13.2 Å². The lowest BCUT2D eigenvalue weighted by molar-refractivity contribution is -0.0837. The molecule has 1 aliphatic carbocycles. The standard InChI is InChI=1S/C14H21Cl2NOS/c1-3-7-17-11(9-14(18-2)5-4-6-14)10-8-12(15)19-13(10)16/h8,11,17H,3-7,9H2,1-2H3. The van der Waals surface area contributed by atoms with Gasteiger partial charge in [-0.3, -0.25) is 0 Å². The molecule has 0 amide bonds. The summed E-state index contributed by atoms with van der Waals surface area (Å²) in [6.07, 6.45) is 5.61. The molecule has 0 radical (unpaired) electrons. The molecule has 0 aliphatic heterocycles. The molecule has 2 nitrogen and oxygen atoms in total. The summed E-state index contributed by atoms with van der Waals surface area (Å²) in [4.78, 5) is 0. The Hall–Kier alpha value is 0.200. The molecule has 1 atom stereocenters. The Balaban J connectivity index is 2.13. The van der Waals surface area contributed by atoms with Gasteiger partial charge < -0.3 is 10.1 Å². The van der Waals surface area contributed by atoms with Crippen LogP contribution in [0.15, 0.2) is 6.07 Å². The van der Waals surface area contributed by atoms with E-state index in [4.69, 9.17) is 27.9 Å². The Morgan fingerprint density at radius 2 is 2.21 bits per heavy atom. The van der Waals surface area contributed by atoms with E-state index in [0.29, 0.717) is 0 Å². The van der Waals surface area contributed by atoms with Crippen LogP contribution in [0.5, 0.6) is 0 Å². The van der Waals surface area contributed by atoms with Crippen molar-refractivity contribution in [2.75, 3.05) is 13.7 Å². The molecule has 1 fully saturated rings. The molecule has 19 heavy (non-hydrogen) atoms. The smallest absolute Gasteiger partial charge is 0.0991 e. The minimum Gasteiger partial charge on any atom is -0.378 e. The number of methoxy groups -OCH3 is 1. The molecular formula is C14H21Cl2NOS. The number of nitrogens with one attached hydrogen (secondary N) is 1. The Bertz CT molecular complexity index is 412. The lowest BCUT2D eigenvalue weighted by Crippen LogP contribution is -2.43. The van der Waals surface area contributed by atoms with Crippen molar-refractivity contribution < 1.29 is 4.74 Å². The largest absolute Gasteiger partial charge is 0.378 e. The summed E-state index contributed by atoms with van der Waals surface area (Å²) < 4.78 is 7.29. The molecule has 0 spiro atoms. The van der Waals surface area contributed by atoms with Gasteiger partial charge in [0.2, 0.25) is 0 Å². The molecule has 1 aromatic rings. The summed E-state index contributed by atoms with van der Waals surface area (Å²) in [6, 6.07) is 2.22. The molecule has 1 aromatic heterocycles. The van der Waals surface area contributed by atoms with E-state index in [9.17, 15) is 0 Å². The lowest BCUT2D eigenvalue weighted by Gasteiger charge is -2.43. The highest BCUT2D eigenvalue weighted by atomic mass is 35.5. The second-order valence-electron chi connectivity index (χ2n) is 5.23. The van der Waals surface area contributed by atoms with Crippen LogP contribution in [0.1, 0.15) is 50.6 Å². The lowest BCUT2D eigenvalue weighted by atomic mass is 9.75. The van der Waals surface area contributed by atoms with Crippen molar-refractivity contribution in [2.24, 2.45) is 0 Å². The Kier molecular flexibility index (Phi) is 5.55. The number of hydrogen-bond donors (Lipinski definition) is 1. The third-order valence-corrected chi connectivity index (χ3v) is 5.49. The van der Waals surface area contributed by atoms with E-state index in [2.05, 4.69) is 12.2 Å². The van der Waals surface area contributed by atoms with E-state index >= 15 is 0 Å². The SMILES string of the molecule is CCCNC(CC1(OC)CCC1)c1cc(Cl)sc1Cl. The summed E-state index contributed by atoms with van der Waals surface area (Å²) >= 11 is 13.8. The van der Waals surface area contributed by atoms with Crippen LogP contribution in [-0.4, -0.2) is 19.3 Å². The van der Waals surface area contributed by atoms with Gasteiger partial charge in [0.05, 0.1) is 14.3 Å². The predicted octanol–water partition coefficient (Wildman–Crippen LogP) is 5.05. The van der Waals surface area contributed by atoms with Crippen molar-refractivity contribution in [1.29, 1.82) is 0 Å². The molecule has 1 saturated carbocycles. The minimum absolute atomic E-state index is 0.0309. The van der Waals surface area contributed by atoms with Crippen LogP contribution in [0.25, 0.3) is 0 Å². The summed E-state index contributed by atoms with van der Waals surface area (Å²) in [6.45, 7) is 3.15. The number of halogens is 2. The maximum atomic E-state index is 6.31. The van der Waals surface area contributed by atoms with Crippen LogP contribution < -0.4 is 5.32 Å². The number of hydrogen-bond acceptors (Lipinski definition) is 3. The van der Waals surface area contributed by atoms with Gasteiger partial charge in [-0.25, -0.2) is 0 Å². The second kappa shape index (κ2) is 6.77. The first-order valence-corrected chi connectivity index (χ1v) is 8.41. The van der Waals surface area contributed by atoms with E-state index < -0.39 is 0 Å². The van der Waals surface area contributed by atoms with Crippen LogP contribution in [0.4, 0.5) is 0 Å². The van der Waals surface area contributed by atoms with Crippen molar-refractivity contribution in [3.05, 3.63) is 20.3 Å². The normalized spacial score (nSPS) is 19.2. The fraction of sp³-hybridized carbons (Fsp3) is 0.714. The molecule has 5 heteroatoms. The molecule has 2 rings (SSSR count). The predicted molar refractivity (Wildman–Crippen MR) is 83.6 cm³/mol. The monoisotopic (exact) mass is 321 g/mol. The topological polar surface area (TPSA) is 21.3 Å². The molecule has 1 N–H and O–H groups in total. The highest BCUT2D eigenvalue weighted by molar-refractivity contribution is 7.20. The molecule has 1 unspecified atom stereocenters. The Morgan fingerprint density at radius 3 is 2.63 bits per heavy atom. The van der Waals surface area contributed by atoms with Crippen molar-refractivity contribution in [3.8, 4) is 0 Å². The van der Waals surface area contributed by atoms with E-state index in [0.717, 1.165) is 46.5 Å². The first kappa shape index (κ1) is 15.6. The van der Waals surface area contributed by atoms with Crippen LogP contribution >= 0.6 is 34.5 Å². The maximum Gasteiger partial charge on any atom is 0.0991 e. The first-order chi connectivity index (χ1) is 9.10. The zero-order valence-electron chi connectivity index (χ0n) is 11.5. The number of thiophene rings is 1. The average Bonchev–Trinajstić information content (AvgIpc) is 2.67. The van der Waals surface area contributed by atoms with Gasteiger partial charge in [-0.1, -0.05) is 30.1 Å².